The molecule has 0 aromatic heterocycles. The molecule has 6 heteroatoms. The zero-order valence-corrected chi connectivity index (χ0v) is 10.4. The van der Waals surface area contributed by atoms with Gasteiger partial charge in [0.25, 0.3) is 0 Å². The Labute approximate surface area is 95.6 Å². The number of hydrogen-bond donors (Lipinski definition) is 1. The maximum Gasteiger partial charge on any atom is 0.323 e. The lowest BCUT2D eigenvalue weighted by atomic mass is 10.1. The quantitative estimate of drug-likeness (QED) is 0.547. The molecule has 0 saturated heterocycles. The molecule has 0 spiro atoms. The van der Waals surface area contributed by atoms with E-state index >= 15 is 0 Å². The summed E-state index contributed by atoms with van der Waals surface area (Å²) in [4.78, 5) is 27.5. The van der Waals surface area contributed by atoms with Gasteiger partial charge in [0, 0.05) is 7.05 Å². The number of rotatable bonds is 4. The average Bonchev–Trinajstić information content (AvgIpc) is 2.13. The summed E-state index contributed by atoms with van der Waals surface area (Å²) in [5.41, 5.74) is 4.93. The Balaban J connectivity index is 4.21. The molecule has 0 aliphatic carbocycles. The topological polar surface area (TPSA) is 81.9 Å². The molecular formula is C10H20N2O4. The zero-order valence-electron chi connectivity index (χ0n) is 10.4. The van der Waals surface area contributed by atoms with Crippen molar-refractivity contribution >= 4 is 11.9 Å². The van der Waals surface area contributed by atoms with Crippen LogP contribution < -0.4 is 5.73 Å². The second kappa shape index (κ2) is 5.81. The molecule has 0 aromatic rings. The fraction of sp³-hybridized carbons (Fsp3) is 0.800. The van der Waals surface area contributed by atoms with Crippen LogP contribution in [0.15, 0.2) is 0 Å². The van der Waals surface area contributed by atoms with E-state index in [1.807, 2.05) is 0 Å². The molecular weight excluding hydrogens is 212 g/mol. The normalized spacial score (nSPS) is 13.1. The number of hydrogen-bond acceptors (Lipinski definition) is 5. The van der Waals surface area contributed by atoms with Gasteiger partial charge in [-0.1, -0.05) is 0 Å². The van der Waals surface area contributed by atoms with Gasteiger partial charge in [0.2, 0.25) is 5.91 Å². The minimum absolute atomic E-state index is 0.140. The van der Waals surface area contributed by atoms with Gasteiger partial charge in [0.05, 0.1) is 13.5 Å². The van der Waals surface area contributed by atoms with Gasteiger partial charge in [-0.25, -0.2) is 5.06 Å². The van der Waals surface area contributed by atoms with Gasteiger partial charge in [-0.2, -0.15) is 0 Å². The molecule has 0 fully saturated rings. The fourth-order valence-electron chi connectivity index (χ4n) is 0.879. The summed E-state index contributed by atoms with van der Waals surface area (Å²) in [5, 5.41) is 1.02. The smallest absolute Gasteiger partial charge is 0.323 e. The Kier molecular flexibility index (Phi) is 5.40. The first-order chi connectivity index (χ1) is 7.17. The summed E-state index contributed by atoms with van der Waals surface area (Å²) >= 11 is 0. The number of ether oxygens (including phenoxy) is 1. The van der Waals surface area contributed by atoms with Crippen LogP contribution in [-0.4, -0.2) is 42.7 Å². The van der Waals surface area contributed by atoms with Crippen molar-refractivity contribution in [3.05, 3.63) is 0 Å². The molecule has 6 nitrogen and oxygen atoms in total. The average molecular weight is 232 g/mol. The lowest BCUT2D eigenvalue weighted by molar-refractivity contribution is -0.172. The Morgan fingerprint density at radius 3 is 2.25 bits per heavy atom. The van der Waals surface area contributed by atoms with Crippen molar-refractivity contribution in [3.63, 3.8) is 0 Å². The third-order valence-corrected chi connectivity index (χ3v) is 1.73. The molecule has 0 aliphatic rings. The monoisotopic (exact) mass is 232 g/mol. The number of carbonyl (C=O) groups excluding carboxylic acids is 2. The van der Waals surface area contributed by atoms with E-state index in [-0.39, 0.29) is 12.3 Å². The van der Waals surface area contributed by atoms with Crippen molar-refractivity contribution in [2.45, 2.75) is 38.8 Å². The molecule has 0 rings (SSSR count). The van der Waals surface area contributed by atoms with Gasteiger partial charge >= 0.3 is 5.97 Å². The van der Waals surface area contributed by atoms with Crippen LogP contribution in [0.5, 0.6) is 0 Å². The highest BCUT2D eigenvalue weighted by atomic mass is 16.7. The lowest BCUT2D eigenvalue weighted by Gasteiger charge is -2.22. The first-order valence-corrected chi connectivity index (χ1v) is 4.96. The van der Waals surface area contributed by atoms with Gasteiger partial charge in [-0.3, -0.25) is 14.4 Å². The van der Waals surface area contributed by atoms with E-state index in [1.165, 1.54) is 14.2 Å². The maximum absolute atomic E-state index is 11.4. The molecule has 16 heavy (non-hydrogen) atoms. The SMILES string of the molecule is CON(C)C(=O)C[C@H](N)C(=O)OC(C)(C)C. The molecule has 0 saturated carbocycles. The molecule has 2 N–H and O–H groups in total. The van der Waals surface area contributed by atoms with E-state index in [1.54, 1.807) is 20.8 Å². The van der Waals surface area contributed by atoms with Gasteiger partial charge in [0.15, 0.2) is 0 Å². The zero-order chi connectivity index (χ0) is 12.9. The van der Waals surface area contributed by atoms with E-state index in [2.05, 4.69) is 4.84 Å². The van der Waals surface area contributed by atoms with Gasteiger partial charge in [-0.15, -0.1) is 0 Å². The van der Waals surface area contributed by atoms with Crippen molar-refractivity contribution in [1.82, 2.24) is 5.06 Å². The number of nitrogens with two attached hydrogens (primary N) is 1. The van der Waals surface area contributed by atoms with E-state index in [9.17, 15) is 9.59 Å². The summed E-state index contributed by atoms with van der Waals surface area (Å²) in [5.74, 6) is -0.966. The summed E-state index contributed by atoms with van der Waals surface area (Å²) in [6, 6.07) is -0.968. The highest BCUT2D eigenvalue weighted by molar-refractivity contribution is 5.84. The minimum Gasteiger partial charge on any atom is -0.459 e. The largest absolute Gasteiger partial charge is 0.459 e. The Morgan fingerprint density at radius 1 is 1.38 bits per heavy atom. The predicted octanol–water partition coefficient (Wildman–Crippen LogP) is 0.0653. The number of nitrogens with zero attached hydrogens (tertiary/aromatic N) is 1. The molecule has 0 unspecified atom stereocenters. The van der Waals surface area contributed by atoms with Crippen LogP contribution in [0.4, 0.5) is 0 Å². The first-order valence-electron chi connectivity index (χ1n) is 4.96. The molecule has 0 bridgehead atoms. The van der Waals surface area contributed by atoms with Crippen molar-refractivity contribution < 1.29 is 19.2 Å². The highest BCUT2D eigenvalue weighted by Gasteiger charge is 2.25. The second-order valence-electron chi connectivity index (χ2n) is 4.42. The second-order valence-corrected chi connectivity index (χ2v) is 4.42. The number of esters is 1. The molecule has 1 atom stereocenters. The highest BCUT2D eigenvalue weighted by Crippen LogP contribution is 2.09. The van der Waals surface area contributed by atoms with E-state index < -0.39 is 17.6 Å². The fourth-order valence-corrected chi connectivity index (χ4v) is 0.879. The molecule has 0 radical (unpaired) electrons. The summed E-state index contributed by atoms with van der Waals surface area (Å²) in [6.07, 6.45) is -0.140. The van der Waals surface area contributed by atoms with Crippen LogP contribution >= 0.6 is 0 Å². The molecule has 0 heterocycles. The van der Waals surface area contributed by atoms with Crippen molar-refractivity contribution in [1.29, 1.82) is 0 Å². The number of carbonyl (C=O) groups is 2. The van der Waals surface area contributed by atoms with Gasteiger partial charge < -0.3 is 10.5 Å². The standard InChI is InChI=1S/C10H20N2O4/c1-10(2,3)16-9(14)7(11)6-8(13)12(4)15-5/h7H,6,11H2,1-5H3/t7-/m0/s1. The third kappa shape index (κ3) is 5.67. The first kappa shape index (κ1) is 14.9. The van der Waals surface area contributed by atoms with E-state index in [0.29, 0.717) is 0 Å². The van der Waals surface area contributed by atoms with Crippen LogP contribution in [0.25, 0.3) is 0 Å². The maximum atomic E-state index is 11.4. The van der Waals surface area contributed by atoms with E-state index in [0.717, 1.165) is 5.06 Å². The number of hydroxylamine groups is 2. The predicted molar refractivity (Wildman–Crippen MR) is 58.2 cm³/mol. The number of amides is 1. The Hall–Kier alpha value is -1.14. The minimum atomic E-state index is -0.968. The van der Waals surface area contributed by atoms with Crippen LogP contribution in [0.2, 0.25) is 0 Å². The summed E-state index contributed by atoms with van der Waals surface area (Å²) in [6.45, 7) is 5.21. The Bertz CT molecular complexity index is 260. The summed E-state index contributed by atoms with van der Waals surface area (Å²) in [7, 11) is 2.81. The molecule has 0 aromatic carbocycles. The van der Waals surface area contributed by atoms with Crippen molar-refractivity contribution in [2.24, 2.45) is 5.73 Å². The molecule has 94 valence electrons. The summed E-state index contributed by atoms with van der Waals surface area (Å²) < 4.78 is 5.04. The van der Waals surface area contributed by atoms with Crippen LogP contribution in [0.3, 0.4) is 0 Å². The van der Waals surface area contributed by atoms with Crippen LogP contribution in [0, 0.1) is 0 Å². The van der Waals surface area contributed by atoms with Crippen LogP contribution in [-0.2, 0) is 19.2 Å². The van der Waals surface area contributed by atoms with Crippen molar-refractivity contribution in [2.75, 3.05) is 14.2 Å². The molecule has 1 amide bonds. The van der Waals surface area contributed by atoms with E-state index in [4.69, 9.17) is 10.5 Å². The van der Waals surface area contributed by atoms with Gasteiger partial charge in [0.1, 0.15) is 11.6 Å². The lowest BCUT2D eigenvalue weighted by Crippen LogP contribution is -2.41. The van der Waals surface area contributed by atoms with Gasteiger partial charge in [-0.05, 0) is 20.8 Å². The van der Waals surface area contributed by atoms with Crippen molar-refractivity contribution in [3.8, 4) is 0 Å². The third-order valence-electron chi connectivity index (χ3n) is 1.73. The Morgan fingerprint density at radius 2 is 1.88 bits per heavy atom. The van der Waals surface area contributed by atoms with Crippen LogP contribution in [0.1, 0.15) is 27.2 Å². The molecule has 0 aliphatic heterocycles.